The van der Waals surface area contributed by atoms with Crippen LogP contribution in [0.4, 0.5) is 16.2 Å². The van der Waals surface area contributed by atoms with E-state index in [9.17, 15) is 9.59 Å². The highest BCUT2D eigenvalue weighted by Crippen LogP contribution is 2.27. The van der Waals surface area contributed by atoms with Crippen LogP contribution in [0, 0.1) is 0 Å². The van der Waals surface area contributed by atoms with Gasteiger partial charge in [0.05, 0.1) is 5.69 Å². The molecule has 0 aromatic heterocycles. The molecule has 1 heterocycles. The van der Waals surface area contributed by atoms with Gasteiger partial charge in [-0.25, -0.2) is 9.69 Å². The fraction of sp³-hybridized carbons (Fsp3) is 0.0667. The van der Waals surface area contributed by atoms with E-state index < -0.39 is 0 Å². The molecule has 0 radical (unpaired) electrons. The molecule has 2 aromatic rings. The Hall–Kier alpha value is -1.66. The third-order valence-electron chi connectivity index (χ3n) is 3.19. The standard InChI is InChI=1S/C15H10Br2N2O2/c16-10-1-5-12(6-2-10)18-9-14(20)19(15(18)21)13-7-3-11(17)4-8-13/h1-8H,9H2. The maximum Gasteiger partial charge on any atom is 0.336 e. The monoisotopic (exact) mass is 408 g/mol. The number of amides is 3. The van der Waals surface area contributed by atoms with Crippen LogP contribution in [0.1, 0.15) is 0 Å². The lowest BCUT2D eigenvalue weighted by Crippen LogP contribution is -2.32. The SMILES string of the molecule is O=C1CN(c2ccc(Br)cc2)C(=O)N1c1ccc(Br)cc1. The largest absolute Gasteiger partial charge is 0.336 e. The minimum Gasteiger partial charge on any atom is -0.284 e. The zero-order valence-electron chi connectivity index (χ0n) is 10.8. The highest BCUT2D eigenvalue weighted by molar-refractivity contribution is 9.10. The van der Waals surface area contributed by atoms with E-state index in [0.29, 0.717) is 11.4 Å². The second-order valence-electron chi connectivity index (χ2n) is 4.55. The molecule has 0 atom stereocenters. The number of imide groups is 1. The van der Waals surface area contributed by atoms with Gasteiger partial charge in [-0.1, -0.05) is 31.9 Å². The maximum absolute atomic E-state index is 12.5. The van der Waals surface area contributed by atoms with Crippen LogP contribution >= 0.6 is 31.9 Å². The number of hydrogen-bond acceptors (Lipinski definition) is 2. The van der Waals surface area contributed by atoms with E-state index in [1.807, 2.05) is 12.1 Å². The number of rotatable bonds is 2. The first-order valence-corrected chi connectivity index (χ1v) is 7.80. The van der Waals surface area contributed by atoms with Crippen molar-refractivity contribution in [2.24, 2.45) is 0 Å². The molecule has 6 heteroatoms. The van der Waals surface area contributed by atoms with Crippen LogP contribution in [0.15, 0.2) is 57.5 Å². The van der Waals surface area contributed by atoms with Crippen LogP contribution in [0.5, 0.6) is 0 Å². The molecule has 106 valence electrons. The predicted molar refractivity (Wildman–Crippen MR) is 88.5 cm³/mol. The van der Waals surface area contributed by atoms with Gasteiger partial charge in [0.1, 0.15) is 6.54 Å². The van der Waals surface area contributed by atoms with E-state index in [4.69, 9.17) is 0 Å². The second-order valence-corrected chi connectivity index (χ2v) is 6.38. The third-order valence-corrected chi connectivity index (χ3v) is 4.25. The number of carbonyl (C=O) groups excluding carboxylic acids is 2. The van der Waals surface area contributed by atoms with Gasteiger partial charge in [-0.15, -0.1) is 0 Å². The second kappa shape index (κ2) is 5.61. The first-order valence-electron chi connectivity index (χ1n) is 6.22. The molecule has 1 aliphatic rings. The van der Waals surface area contributed by atoms with Crippen molar-refractivity contribution in [2.75, 3.05) is 16.3 Å². The molecule has 0 aliphatic carbocycles. The summed E-state index contributed by atoms with van der Waals surface area (Å²) in [5, 5.41) is 0. The first kappa shape index (κ1) is 14.3. The molecule has 0 N–H and O–H groups in total. The molecule has 21 heavy (non-hydrogen) atoms. The molecule has 0 bridgehead atoms. The fourth-order valence-corrected chi connectivity index (χ4v) is 2.70. The Balaban J connectivity index is 1.92. The average Bonchev–Trinajstić information content (AvgIpc) is 2.76. The predicted octanol–water partition coefficient (Wildman–Crippen LogP) is 4.18. The van der Waals surface area contributed by atoms with Crippen molar-refractivity contribution in [2.45, 2.75) is 0 Å². The number of carbonyl (C=O) groups is 2. The highest BCUT2D eigenvalue weighted by atomic mass is 79.9. The molecule has 0 saturated carbocycles. The van der Waals surface area contributed by atoms with E-state index >= 15 is 0 Å². The average molecular weight is 410 g/mol. The molecule has 1 fully saturated rings. The zero-order valence-corrected chi connectivity index (χ0v) is 14.0. The summed E-state index contributed by atoms with van der Waals surface area (Å²) in [5.74, 6) is -0.231. The number of anilines is 2. The van der Waals surface area contributed by atoms with Crippen LogP contribution in [0.2, 0.25) is 0 Å². The summed E-state index contributed by atoms with van der Waals surface area (Å²) in [6, 6.07) is 14.1. The van der Waals surface area contributed by atoms with Gasteiger partial charge in [0.2, 0.25) is 0 Å². The van der Waals surface area contributed by atoms with Gasteiger partial charge in [-0.3, -0.25) is 9.69 Å². The Morgan fingerprint density at radius 2 is 1.24 bits per heavy atom. The van der Waals surface area contributed by atoms with Crippen LogP contribution in [0.3, 0.4) is 0 Å². The van der Waals surface area contributed by atoms with Crippen LogP contribution < -0.4 is 9.80 Å². The lowest BCUT2D eigenvalue weighted by atomic mass is 10.3. The van der Waals surface area contributed by atoms with Crippen molar-refractivity contribution >= 4 is 55.2 Å². The number of benzene rings is 2. The van der Waals surface area contributed by atoms with E-state index in [1.54, 1.807) is 36.4 Å². The number of urea groups is 1. The molecule has 1 aliphatic heterocycles. The minimum atomic E-state index is -0.329. The Morgan fingerprint density at radius 1 is 0.762 bits per heavy atom. The summed E-state index contributed by atoms with van der Waals surface area (Å²) in [7, 11) is 0. The quantitative estimate of drug-likeness (QED) is 0.698. The smallest absolute Gasteiger partial charge is 0.284 e. The minimum absolute atomic E-state index is 0.0521. The lowest BCUT2D eigenvalue weighted by Gasteiger charge is -2.17. The van der Waals surface area contributed by atoms with Gasteiger partial charge in [0.25, 0.3) is 5.91 Å². The van der Waals surface area contributed by atoms with Gasteiger partial charge >= 0.3 is 6.03 Å². The summed E-state index contributed by atoms with van der Waals surface area (Å²) >= 11 is 6.69. The molecule has 2 aromatic carbocycles. The molecule has 1 saturated heterocycles. The highest BCUT2D eigenvalue weighted by Gasteiger charge is 2.37. The molecule has 3 amide bonds. The van der Waals surface area contributed by atoms with Crippen LogP contribution in [0.25, 0.3) is 0 Å². The summed E-state index contributed by atoms with van der Waals surface area (Å²) in [5.41, 5.74) is 1.28. The van der Waals surface area contributed by atoms with E-state index in [2.05, 4.69) is 31.9 Å². The Labute approximate surface area is 138 Å². The van der Waals surface area contributed by atoms with Crippen LogP contribution in [-0.4, -0.2) is 18.5 Å². The molecule has 4 nitrogen and oxygen atoms in total. The van der Waals surface area contributed by atoms with Gasteiger partial charge < -0.3 is 0 Å². The van der Waals surface area contributed by atoms with Crippen molar-refractivity contribution in [3.8, 4) is 0 Å². The normalized spacial score (nSPS) is 15.0. The summed E-state index contributed by atoms with van der Waals surface area (Å²) in [6.07, 6.45) is 0. The van der Waals surface area contributed by atoms with Crippen molar-refractivity contribution in [3.63, 3.8) is 0 Å². The molecule has 3 rings (SSSR count). The zero-order chi connectivity index (χ0) is 15.0. The van der Waals surface area contributed by atoms with Gasteiger partial charge in [0, 0.05) is 14.6 Å². The molecule has 0 spiro atoms. The summed E-state index contributed by atoms with van der Waals surface area (Å²) in [6.45, 7) is 0.0521. The number of nitrogens with zero attached hydrogens (tertiary/aromatic N) is 2. The van der Waals surface area contributed by atoms with E-state index in [0.717, 1.165) is 8.95 Å². The Kier molecular flexibility index (Phi) is 3.82. The van der Waals surface area contributed by atoms with E-state index in [1.165, 1.54) is 9.80 Å². The first-order chi connectivity index (χ1) is 10.1. The topological polar surface area (TPSA) is 40.6 Å². The van der Waals surface area contributed by atoms with Crippen molar-refractivity contribution in [1.82, 2.24) is 0 Å². The molecular formula is C15H10Br2N2O2. The Morgan fingerprint density at radius 3 is 1.76 bits per heavy atom. The maximum atomic E-state index is 12.5. The van der Waals surface area contributed by atoms with E-state index in [-0.39, 0.29) is 18.5 Å². The van der Waals surface area contributed by atoms with Crippen molar-refractivity contribution in [3.05, 3.63) is 57.5 Å². The van der Waals surface area contributed by atoms with Gasteiger partial charge in [-0.2, -0.15) is 0 Å². The summed E-state index contributed by atoms with van der Waals surface area (Å²) < 4.78 is 1.82. The number of halogens is 2. The number of hydrogen-bond donors (Lipinski definition) is 0. The van der Waals surface area contributed by atoms with Crippen molar-refractivity contribution < 1.29 is 9.59 Å². The van der Waals surface area contributed by atoms with Crippen molar-refractivity contribution in [1.29, 1.82) is 0 Å². The third kappa shape index (κ3) is 2.73. The molecular weight excluding hydrogens is 400 g/mol. The molecule has 0 unspecified atom stereocenters. The lowest BCUT2D eigenvalue weighted by molar-refractivity contribution is -0.115. The summed E-state index contributed by atoms with van der Waals surface area (Å²) in [4.78, 5) is 27.3. The van der Waals surface area contributed by atoms with Gasteiger partial charge in [-0.05, 0) is 48.5 Å². The Bertz CT molecular complexity index is 699. The van der Waals surface area contributed by atoms with Gasteiger partial charge in [0.15, 0.2) is 0 Å². The fourth-order valence-electron chi connectivity index (χ4n) is 2.17. The van der Waals surface area contributed by atoms with Crippen LogP contribution in [-0.2, 0) is 4.79 Å².